The fourth-order valence-electron chi connectivity index (χ4n) is 1.91. The van der Waals surface area contributed by atoms with Crippen LogP contribution in [0.4, 0.5) is 5.82 Å². The van der Waals surface area contributed by atoms with Gasteiger partial charge in [-0.25, -0.2) is 9.97 Å². The molecule has 1 aromatic heterocycles. The number of aromatic nitrogens is 2. The highest BCUT2D eigenvalue weighted by molar-refractivity contribution is 5.45. The van der Waals surface area contributed by atoms with Crippen LogP contribution in [0.1, 0.15) is 55.6 Å². The molecule has 0 bridgehead atoms. The average molecular weight is 219 g/mol. The number of anilines is 1. The zero-order valence-electron chi connectivity index (χ0n) is 10.5. The molecule has 1 aromatic rings. The van der Waals surface area contributed by atoms with E-state index in [0.717, 1.165) is 30.3 Å². The molecule has 0 amide bonds. The highest BCUT2D eigenvalue weighted by Gasteiger charge is 2.23. The van der Waals surface area contributed by atoms with Crippen molar-refractivity contribution in [3.8, 4) is 0 Å². The molecule has 16 heavy (non-hydrogen) atoms. The lowest BCUT2D eigenvalue weighted by atomic mass is 9.85. The summed E-state index contributed by atoms with van der Waals surface area (Å²) in [5.74, 6) is 2.70. The molecule has 1 aliphatic rings. The van der Waals surface area contributed by atoms with E-state index in [4.69, 9.17) is 0 Å². The van der Waals surface area contributed by atoms with E-state index in [9.17, 15) is 0 Å². The molecule has 0 unspecified atom stereocenters. The van der Waals surface area contributed by atoms with Crippen LogP contribution in [-0.2, 0) is 0 Å². The second-order valence-corrected chi connectivity index (χ2v) is 4.70. The molecule has 2 rings (SSSR count). The number of rotatable bonds is 4. The molecular weight excluding hydrogens is 198 g/mol. The van der Waals surface area contributed by atoms with Crippen LogP contribution in [0, 0.1) is 13.8 Å². The van der Waals surface area contributed by atoms with Gasteiger partial charge in [-0.2, -0.15) is 0 Å². The standard InChI is InChI=1S/C13H21N3/c1-4-8-14-12-9(2)10(3)15-13(16-12)11-6-5-7-11/h11H,4-8H2,1-3H3,(H,14,15,16). The molecule has 88 valence electrons. The van der Waals surface area contributed by atoms with Gasteiger partial charge in [-0.3, -0.25) is 0 Å². The molecule has 0 atom stereocenters. The molecule has 0 saturated heterocycles. The molecule has 0 aromatic carbocycles. The summed E-state index contributed by atoms with van der Waals surface area (Å²) < 4.78 is 0. The third-order valence-electron chi connectivity index (χ3n) is 3.42. The molecule has 1 saturated carbocycles. The van der Waals surface area contributed by atoms with Gasteiger partial charge in [0.1, 0.15) is 11.6 Å². The predicted octanol–water partition coefficient (Wildman–Crippen LogP) is 3.18. The van der Waals surface area contributed by atoms with Gasteiger partial charge in [0.15, 0.2) is 0 Å². The maximum atomic E-state index is 4.67. The molecule has 1 aliphatic carbocycles. The smallest absolute Gasteiger partial charge is 0.134 e. The lowest BCUT2D eigenvalue weighted by molar-refractivity contribution is 0.401. The van der Waals surface area contributed by atoms with Crippen molar-refractivity contribution < 1.29 is 0 Å². The van der Waals surface area contributed by atoms with Gasteiger partial charge < -0.3 is 5.32 Å². The Morgan fingerprint density at radius 2 is 2.00 bits per heavy atom. The Bertz CT molecular complexity index is 370. The second-order valence-electron chi connectivity index (χ2n) is 4.70. The van der Waals surface area contributed by atoms with Crippen LogP contribution in [0.5, 0.6) is 0 Å². The molecule has 3 heteroatoms. The van der Waals surface area contributed by atoms with Crippen LogP contribution < -0.4 is 5.32 Å². The van der Waals surface area contributed by atoms with E-state index >= 15 is 0 Å². The monoisotopic (exact) mass is 219 g/mol. The summed E-state index contributed by atoms with van der Waals surface area (Å²) in [6.07, 6.45) is 4.98. The lowest BCUT2D eigenvalue weighted by Crippen LogP contribution is -2.16. The van der Waals surface area contributed by atoms with E-state index in [1.807, 2.05) is 0 Å². The predicted molar refractivity (Wildman–Crippen MR) is 66.9 cm³/mol. The zero-order valence-corrected chi connectivity index (χ0v) is 10.5. The minimum Gasteiger partial charge on any atom is -0.370 e. The van der Waals surface area contributed by atoms with Crippen LogP contribution in [0.2, 0.25) is 0 Å². The Morgan fingerprint density at radius 1 is 1.25 bits per heavy atom. The first-order chi connectivity index (χ1) is 7.72. The first kappa shape index (κ1) is 11.4. The Hall–Kier alpha value is -1.12. The van der Waals surface area contributed by atoms with Crippen molar-refractivity contribution in [1.29, 1.82) is 0 Å². The van der Waals surface area contributed by atoms with Crippen molar-refractivity contribution in [2.45, 2.75) is 52.4 Å². The van der Waals surface area contributed by atoms with Crippen LogP contribution in [0.25, 0.3) is 0 Å². The minimum absolute atomic E-state index is 0.612. The fourth-order valence-corrected chi connectivity index (χ4v) is 1.91. The first-order valence-electron chi connectivity index (χ1n) is 6.31. The van der Waals surface area contributed by atoms with E-state index < -0.39 is 0 Å². The topological polar surface area (TPSA) is 37.8 Å². The van der Waals surface area contributed by atoms with E-state index in [1.165, 1.54) is 24.8 Å². The molecular formula is C13H21N3. The van der Waals surface area contributed by atoms with Crippen LogP contribution in [0.15, 0.2) is 0 Å². The summed E-state index contributed by atoms with van der Waals surface area (Å²) in [7, 11) is 0. The van der Waals surface area contributed by atoms with Gasteiger partial charge in [0.25, 0.3) is 0 Å². The van der Waals surface area contributed by atoms with E-state index in [-0.39, 0.29) is 0 Å². The summed E-state index contributed by atoms with van der Waals surface area (Å²) >= 11 is 0. The molecule has 1 heterocycles. The molecule has 0 spiro atoms. The Kier molecular flexibility index (Phi) is 3.42. The van der Waals surface area contributed by atoms with Crippen LogP contribution >= 0.6 is 0 Å². The van der Waals surface area contributed by atoms with Gasteiger partial charge in [-0.1, -0.05) is 13.3 Å². The van der Waals surface area contributed by atoms with Gasteiger partial charge in [0.05, 0.1) is 0 Å². The number of hydrogen-bond acceptors (Lipinski definition) is 3. The Labute approximate surface area is 97.7 Å². The maximum Gasteiger partial charge on any atom is 0.134 e. The zero-order chi connectivity index (χ0) is 11.5. The van der Waals surface area contributed by atoms with Crippen molar-refractivity contribution in [2.75, 3.05) is 11.9 Å². The number of aryl methyl sites for hydroxylation is 1. The Balaban J connectivity index is 2.23. The summed E-state index contributed by atoms with van der Waals surface area (Å²) in [5, 5.41) is 3.40. The van der Waals surface area contributed by atoms with Crippen molar-refractivity contribution in [2.24, 2.45) is 0 Å². The third kappa shape index (κ3) is 2.18. The summed E-state index contributed by atoms with van der Waals surface area (Å²) in [6.45, 7) is 7.33. The number of hydrogen-bond donors (Lipinski definition) is 1. The largest absolute Gasteiger partial charge is 0.370 e. The molecule has 1 fully saturated rings. The molecule has 1 N–H and O–H groups in total. The summed E-state index contributed by atoms with van der Waals surface area (Å²) in [4.78, 5) is 9.28. The number of nitrogens with zero attached hydrogens (tertiary/aromatic N) is 2. The molecule has 0 aliphatic heterocycles. The van der Waals surface area contributed by atoms with E-state index in [0.29, 0.717) is 5.92 Å². The normalized spacial score (nSPS) is 15.9. The number of nitrogens with one attached hydrogen (secondary N) is 1. The Morgan fingerprint density at radius 3 is 2.56 bits per heavy atom. The van der Waals surface area contributed by atoms with Crippen LogP contribution in [-0.4, -0.2) is 16.5 Å². The average Bonchev–Trinajstić information content (AvgIpc) is 2.18. The van der Waals surface area contributed by atoms with Gasteiger partial charge in [-0.05, 0) is 33.1 Å². The maximum absolute atomic E-state index is 4.67. The van der Waals surface area contributed by atoms with Gasteiger partial charge in [0.2, 0.25) is 0 Å². The minimum atomic E-state index is 0.612. The van der Waals surface area contributed by atoms with Crippen molar-refractivity contribution in [1.82, 2.24) is 9.97 Å². The van der Waals surface area contributed by atoms with Crippen molar-refractivity contribution >= 4 is 5.82 Å². The van der Waals surface area contributed by atoms with Gasteiger partial charge >= 0.3 is 0 Å². The van der Waals surface area contributed by atoms with Crippen molar-refractivity contribution in [3.63, 3.8) is 0 Å². The highest BCUT2D eigenvalue weighted by atomic mass is 15.0. The molecule has 3 nitrogen and oxygen atoms in total. The van der Waals surface area contributed by atoms with Crippen LogP contribution in [0.3, 0.4) is 0 Å². The van der Waals surface area contributed by atoms with Crippen molar-refractivity contribution in [3.05, 3.63) is 17.1 Å². The third-order valence-corrected chi connectivity index (χ3v) is 3.42. The molecule has 0 radical (unpaired) electrons. The first-order valence-corrected chi connectivity index (χ1v) is 6.31. The fraction of sp³-hybridized carbons (Fsp3) is 0.692. The quantitative estimate of drug-likeness (QED) is 0.845. The van der Waals surface area contributed by atoms with Gasteiger partial charge in [0, 0.05) is 23.7 Å². The van der Waals surface area contributed by atoms with Gasteiger partial charge in [-0.15, -0.1) is 0 Å². The summed E-state index contributed by atoms with van der Waals surface area (Å²) in [5.41, 5.74) is 2.31. The highest BCUT2D eigenvalue weighted by Crippen LogP contribution is 2.35. The van der Waals surface area contributed by atoms with E-state index in [1.54, 1.807) is 0 Å². The summed E-state index contributed by atoms with van der Waals surface area (Å²) in [6, 6.07) is 0. The lowest BCUT2D eigenvalue weighted by Gasteiger charge is -2.25. The second kappa shape index (κ2) is 4.81. The van der Waals surface area contributed by atoms with E-state index in [2.05, 4.69) is 36.1 Å². The SMILES string of the molecule is CCCNc1nc(C2CCC2)nc(C)c1C.